The average Bonchev–Trinajstić information content (AvgIpc) is 3.13. The van der Waals surface area contributed by atoms with Gasteiger partial charge in [-0.2, -0.15) is 0 Å². The summed E-state index contributed by atoms with van der Waals surface area (Å²) in [6.45, 7) is 0.510. The second-order valence-corrected chi connectivity index (χ2v) is 8.52. The zero-order valence-corrected chi connectivity index (χ0v) is 19.4. The van der Waals surface area contributed by atoms with E-state index in [9.17, 15) is 9.59 Å². The number of nitrogens with zero attached hydrogens (tertiary/aromatic N) is 2. The predicted octanol–water partition coefficient (Wildman–Crippen LogP) is 5.06. The lowest BCUT2D eigenvalue weighted by molar-refractivity contribution is -0.116. The van der Waals surface area contributed by atoms with Crippen LogP contribution in [0.15, 0.2) is 77.3 Å². The van der Waals surface area contributed by atoms with Crippen molar-refractivity contribution in [2.24, 2.45) is 0 Å². The molecule has 4 rings (SSSR count). The molecule has 0 fully saturated rings. The Morgan fingerprint density at radius 1 is 0.969 bits per heavy atom. The van der Waals surface area contributed by atoms with Crippen LogP contribution in [0, 0.1) is 0 Å². The van der Waals surface area contributed by atoms with E-state index >= 15 is 0 Å². The molecular formula is C24H20BrClN4O2. The number of para-hydroxylation sites is 2. The number of rotatable bonds is 7. The van der Waals surface area contributed by atoms with Gasteiger partial charge >= 0.3 is 0 Å². The van der Waals surface area contributed by atoms with E-state index in [0.29, 0.717) is 23.6 Å². The zero-order chi connectivity index (χ0) is 22.5. The molecule has 32 heavy (non-hydrogen) atoms. The Labute approximate surface area is 198 Å². The van der Waals surface area contributed by atoms with Gasteiger partial charge in [0.05, 0.1) is 11.0 Å². The van der Waals surface area contributed by atoms with E-state index < -0.39 is 0 Å². The van der Waals surface area contributed by atoms with Crippen LogP contribution in [0.5, 0.6) is 0 Å². The van der Waals surface area contributed by atoms with E-state index in [1.54, 1.807) is 24.3 Å². The van der Waals surface area contributed by atoms with Gasteiger partial charge < -0.3 is 15.2 Å². The minimum Gasteiger partial charge on any atom is -0.352 e. The van der Waals surface area contributed by atoms with Gasteiger partial charge in [-0.15, -0.1) is 0 Å². The number of carbonyl (C=O) groups is 2. The quantitative estimate of drug-likeness (QED) is 0.364. The lowest BCUT2D eigenvalue weighted by atomic mass is 10.2. The van der Waals surface area contributed by atoms with E-state index in [4.69, 9.17) is 11.6 Å². The van der Waals surface area contributed by atoms with Crippen molar-refractivity contribution < 1.29 is 9.59 Å². The minimum absolute atomic E-state index is 0.122. The van der Waals surface area contributed by atoms with Crippen molar-refractivity contribution in [3.8, 4) is 0 Å². The van der Waals surface area contributed by atoms with Crippen molar-refractivity contribution in [3.05, 3.63) is 93.7 Å². The molecule has 8 heteroatoms. The maximum Gasteiger partial charge on any atom is 0.251 e. The molecule has 0 bridgehead atoms. The van der Waals surface area contributed by atoms with E-state index in [1.165, 1.54) is 0 Å². The van der Waals surface area contributed by atoms with Gasteiger partial charge in [-0.25, -0.2) is 4.98 Å². The number of halogens is 2. The molecule has 2 amide bonds. The fourth-order valence-electron chi connectivity index (χ4n) is 3.36. The lowest BCUT2D eigenvalue weighted by Crippen LogP contribution is -2.27. The van der Waals surface area contributed by atoms with Gasteiger partial charge in [0.1, 0.15) is 12.4 Å². The number of hydrogen-bond donors (Lipinski definition) is 2. The summed E-state index contributed by atoms with van der Waals surface area (Å²) in [6, 6.07) is 21.8. The van der Waals surface area contributed by atoms with Crippen molar-refractivity contribution in [2.45, 2.75) is 13.0 Å². The summed E-state index contributed by atoms with van der Waals surface area (Å²) in [5.74, 6) is 0.396. The largest absolute Gasteiger partial charge is 0.352 e. The molecule has 0 saturated heterocycles. The van der Waals surface area contributed by atoms with Crippen molar-refractivity contribution >= 4 is 56.1 Å². The van der Waals surface area contributed by atoms with Crippen LogP contribution in [0.3, 0.4) is 0 Å². The van der Waals surface area contributed by atoms with Gasteiger partial charge in [-0.1, -0.05) is 39.7 Å². The fourth-order valence-corrected chi connectivity index (χ4v) is 3.75. The second kappa shape index (κ2) is 9.97. The lowest BCUT2D eigenvalue weighted by Gasteiger charge is -2.11. The molecular weight excluding hydrogens is 492 g/mol. The first-order valence-electron chi connectivity index (χ1n) is 10.0. The van der Waals surface area contributed by atoms with Crippen molar-refractivity contribution in [3.63, 3.8) is 0 Å². The smallest absolute Gasteiger partial charge is 0.251 e. The molecule has 1 heterocycles. The van der Waals surface area contributed by atoms with Crippen LogP contribution in [0.25, 0.3) is 11.0 Å². The molecule has 0 aliphatic rings. The highest BCUT2D eigenvalue weighted by Gasteiger charge is 2.14. The summed E-state index contributed by atoms with van der Waals surface area (Å²) in [6.07, 6.45) is 0.486. The van der Waals surface area contributed by atoms with Gasteiger partial charge in [0.25, 0.3) is 5.91 Å². The molecule has 0 aliphatic heterocycles. The van der Waals surface area contributed by atoms with Crippen molar-refractivity contribution in [2.75, 3.05) is 11.9 Å². The summed E-state index contributed by atoms with van der Waals surface area (Å²) >= 11 is 9.27. The van der Waals surface area contributed by atoms with Crippen LogP contribution < -0.4 is 10.6 Å². The first-order valence-corrected chi connectivity index (χ1v) is 11.2. The topological polar surface area (TPSA) is 76.0 Å². The molecule has 1 aromatic heterocycles. The highest BCUT2D eigenvalue weighted by atomic mass is 79.9. The molecule has 2 N–H and O–H groups in total. The van der Waals surface area contributed by atoms with Crippen molar-refractivity contribution in [1.82, 2.24) is 14.9 Å². The van der Waals surface area contributed by atoms with Crippen LogP contribution in [0.2, 0.25) is 5.02 Å². The van der Waals surface area contributed by atoms with Crippen LogP contribution in [-0.2, 0) is 17.8 Å². The number of anilines is 1. The van der Waals surface area contributed by atoms with E-state index in [2.05, 4.69) is 31.5 Å². The molecule has 162 valence electrons. The summed E-state index contributed by atoms with van der Waals surface area (Å²) in [5.41, 5.74) is 2.94. The number of benzene rings is 3. The zero-order valence-electron chi connectivity index (χ0n) is 17.0. The van der Waals surface area contributed by atoms with Crippen LogP contribution >= 0.6 is 27.5 Å². The standard InChI is InChI=1S/C24H20BrClN4O2/c25-17-7-11-19(12-8-17)28-23(31)15-30-21-4-2-1-3-20(21)29-22(30)13-14-27-24(32)16-5-9-18(26)10-6-16/h1-12H,13-15H2,(H,27,32)(H,28,31). The van der Waals surface area contributed by atoms with Gasteiger partial charge in [0, 0.05) is 33.7 Å². The number of imidazole rings is 1. The third-order valence-electron chi connectivity index (χ3n) is 4.90. The van der Waals surface area contributed by atoms with Gasteiger partial charge in [0.2, 0.25) is 5.91 Å². The maximum atomic E-state index is 12.7. The van der Waals surface area contributed by atoms with Gasteiger partial charge in [-0.3, -0.25) is 9.59 Å². The Morgan fingerprint density at radius 3 is 2.44 bits per heavy atom. The van der Waals surface area contributed by atoms with Crippen LogP contribution in [0.1, 0.15) is 16.2 Å². The van der Waals surface area contributed by atoms with Gasteiger partial charge in [0.15, 0.2) is 0 Å². The summed E-state index contributed by atoms with van der Waals surface area (Å²) in [5, 5.41) is 6.39. The van der Waals surface area contributed by atoms with Crippen LogP contribution in [0.4, 0.5) is 5.69 Å². The highest BCUT2D eigenvalue weighted by Crippen LogP contribution is 2.18. The van der Waals surface area contributed by atoms with Crippen molar-refractivity contribution in [1.29, 1.82) is 0 Å². The fraction of sp³-hybridized carbons (Fsp3) is 0.125. The summed E-state index contributed by atoms with van der Waals surface area (Å²) in [4.78, 5) is 29.7. The maximum absolute atomic E-state index is 12.7. The summed E-state index contributed by atoms with van der Waals surface area (Å²) in [7, 11) is 0. The Balaban J connectivity index is 1.46. The van der Waals surface area contributed by atoms with Gasteiger partial charge in [-0.05, 0) is 60.7 Å². The number of aromatic nitrogens is 2. The first kappa shape index (κ1) is 22.0. The number of amides is 2. The molecule has 0 aliphatic carbocycles. The molecule has 0 radical (unpaired) electrons. The molecule has 0 unspecified atom stereocenters. The number of carbonyl (C=O) groups excluding carboxylic acids is 2. The Hall–Kier alpha value is -3.16. The Kier molecular flexibility index (Phi) is 6.87. The van der Waals surface area contributed by atoms with E-state index in [0.717, 1.165) is 27.0 Å². The monoisotopic (exact) mass is 510 g/mol. The number of hydrogen-bond acceptors (Lipinski definition) is 3. The molecule has 6 nitrogen and oxygen atoms in total. The molecule has 3 aromatic carbocycles. The minimum atomic E-state index is -0.183. The molecule has 0 spiro atoms. The van der Waals surface area contributed by atoms with E-state index in [1.807, 2.05) is 53.1 Å². The normalized spacial score (nSPS) is 10.8. The first-order chi connectivity index (χ1) is 15.5. The second-order valence-electron chi connectivity index (χ2n) is 7.17. The predicted molar refractivity (Wildman–Crippen MR) is 130 cm³/mol. The average molecular weight is 512 g/mol. The van der Waals surface area contributed by atoms with Crippen LogP contribution in [-0.4, -0.2) is 27.9 Å². The molecule has 0 saturated carbocycles. The Morgan fingerprint density at radius 2 is 1.69 bits per heavy atom. The third-order valence-corrected chi connectivity index (χ3v) is 5.68. The number of fused-ring (bicyclic) bond motifs is 1. The van der Waals surface area contributed by atoms with E-state index in [-0.39, 0.29) is 18.4 Å². The molecule has 0 atom stereocenters. The summed E-state index contributed by atoms with van der Waals surface area (Å²) < 4.78 is 2.83. The number of nitrogens with one attached hydrogen (secondary N) is 2. The SMILES string of the molecule is O=C(Cn1c(CCNC(=O)c2ccc(Cl)cc2)nc2ccccc21)Nc1ccc(Br)cc1. The third kappa shape index (κ3) is 5.36. The highest BCUT2D eigenvalue weighted by molar-refractivity contribution is 9.10. The molecule has 4 aromatic rings. The Bertz CT molecular complexity index is 1250.